The molecule has 0 aliphatic carbocycles. The SMILES string of the molecule is COc1ccc(C(=O)Nc2ccc(NC(=O)c3sc4ccccc4c3Br)cc2)cc1. The van der Waals surface area contributed by atoms with Crippen LogP contribution in [0.25, 0.3) is 10.1 Å². The third kappa shape index (κ3) is 4.22. The first kappa shape index (κ1) is 20.1. The Bertz CT molecular complexity index is 1220. The maximum absolute atomic E-state index is 12.7. The van der Waals surface area contributed by atoms with E-state index in [2.05, 4.69) is 26.6 Å². The molecule has 0 radical (unpaired) electrons. The van der Waals surface area contributed by atoms with Gasteiger partial charge in [-0.3, -0.25) is 9.59 Å². The fraction of sp³-hybridized carbons (Fsp3) is 0.0435. The zero-order valence-electron chi connectivity index (χ0n) is 15.9. The minimum absolute atomic E-state index is 0.182. The number of carbonyl (C=O) groups excluding carboxylic acids is 2. The largest absolute Gasteiger partial charge is 0.497 e. The third-order valence-corrected chi connectivity index (χ3v) is 6.75. The number of hydrogen-bond donors (Lipinski definition) is 2. The number of halogens is 1. The molecule has 1 aromatic heterocycles. The number of nitrogens with one attached hydrogen (secondary N) is 2. The highest BCUT2D eigenvalue weighted by Crippen LogP contribution is 2.35. The molecule has 7 heteroatoms. The van der Waals surface area contributed by atoms with Crippen LogP contribution in [0.1, 0.15) is 20.0 Å². The average Bonchev–Trinajstić information content (AvgIpc) is 3.12. The minimum atomic E-state index is -0.219. The van der Waals surface area contributed by atoms with Gasteiger partial charge in [-0.15, -0.1) is 11.3 Å². The van der Waals surface area contributed by atoms with Crippen LogP contribution in [0, 0.1) is 0 Å². The number of hydrogen-bond acceptors (Lipinski definition) is 4. The molecule has 0 bridgehead atoms. The van der Waals surface area contributed by atoms with Crippen LogP contribution in [0.3, 0.4) is 0 Å². The lowest BCUT2D eigenvalue weighted by atomic mass is 10.2. The first-order valence-corrected chi connectivity index (χ1v) is 10.7. The molecule has 0 aliphatic heterocycles. The van der Waals surface area contributed by atoms with Gasteiger partial charge in [0.25, 0.3) is 11.8 Å². The van der Waals surface area contributed by atoms with Crippen molar-refractivity contribution in [2.45, 2.75) is 0 Å². The van der Waals surface area contributed by atoms with E-state index in [9.17, 15) is 9.59 Å². The molecule has 5 nitrogen and oxygen atoms in total. The van der Waals surface area contributed by atoms with Crippen molar-refractivity contribution < 1.29 is 14.3 Å². The van der Waals surface area contributed by atoms with E-state index in [-0.39, 0.29) is 11.8 Å². The van der Waals surface area contributed by atoms with Crippen molar-refractivity contribution in [3.05, 3.63) is 87.7 Å². The second-order valence-corrected chi connectivity index (χ2v) is 8.30. The Kier molecular flexibility index (Phi) is 5.83. The van der Waals surface area contributed by atoms with Gasteiger partial charge in [0.1, 0.15) is 10.6 Å². The number of anilines is 2. The quantitative estimate of drug-likeness (QED) is 0.358. The van der Waals surface area contributed by atoms with Gasteiger partial charge in [-0.25, -0.2) is 0 Å². The number of thiophene rings is 1. The highest BCUT2D eigenvalue weighted by Gasteiger charge is 2.16. The number of benzene rings is 3. The van der Waals surface area contributed by atoms with Crippen LogP contribution in [0.2, 0.25) is 0 Å². The first-order valence-electron chi connectivity index (χ1n) is 9.09. The summed E-state index contributed by atoms with van der Waals surface area (Å²) in [4.78, 5) is 25.7. The molecule has 0 spiro atoms. The standard InChI is InChI=1S/C23H17BrN2O3S/c1-29-17-12-6-14(7-13-17)22(27)25-15-8-10-16(11-9-15)26-23(28)21-20(24)18-4-2-3-5-19(18)30-21/h2-13H,1H3,(H,25,27)(H,26,28). The molecule has 0 unspecified atom stereocenters. The van der Waals surface area contributed by atoms with Gasteiger partial charge in [-0.1, -0.05) is 18.2 Å². The molecule has 1 heterocycles. The van der Waals surface area contributed by atoms with E-state index in [4.69, 9.17) is 4.74 Å². The van der Waals surface area contributed by atoms with Gasteiger partial charge in [0, 0.05) is 31.5 Å². The van der Waals surface area contributed by atoms with Crippen LogP contribution in [-0.2, 0) is 0 Å². The zero-order chi connectivity index (χ0) is 21.1. The molecule has 0 aliphatic rings. The van der Waals surface area contributed by atoms with Gasteiger partial charge < -0.3 is 15.4 Å². The number of rotatable bonds is 5. The summed E-state index contributed by atoms with van der Waals surface area (Å²) in [5.41, 5.74) is 1.81. The van der Waals surface area contributed by atoms with Crippen LogP contribution in [0.5, 0.6) is 5.75 Å². The van der Waals surface area contributed by atoms with Crippen LogP contribution < -0.4 is 15.4 Å². The highest BCUT2D eigenvalue weighted by atomic mass is 79.9. The van der Waals surface area contributed by atoms with Gasteiger partial charge >= 0.3 is 0 Å². The lowest BCUT2D eigenvalue weighted by molar-refractivity contribution is 0.102. The molecule has 3 aromatic carbocycles. The first-order chi connectivity index (χ1) is 14.5. The van der Waals surface area contributed by atoms with E-state index in [1.54, 1.807) is 55.6 Å². The van der Waals surface area contributed by atoms with Crippen molar-refractivity contribution in [2.75, 3.05) is 17.7 Å². The third-order valence-electron chi connectivity index (χ3n) is 4.49. The number of amides is 2. The van der Waals surface area contributed by atoms with E-state index < -0.39 is 0 Å². The lowest BCUT2D eigenvalue weighted by Crippen LogP contribution is -2.12. The highest BCUT2D eigenvalue weighted by molar-refractivity contribution is 9.10. The fourth-order valence-corrected chi connectivity index (χ4v) is 4.82. The average molecular weight is 481 g/mol. The smallest absolute Gasteiger partial charge is 0.266 e. The van der Waals surface area contributed by atoms with Crippen molar-refractivity contribution in [3.63, 3.8) is 0 Å². The fourth-order valence-electron chi connectivity index (χ4n) is 2.93. The van der Waals surface area contributed by atoms with Crippen LogP contribution >= 0.6 is 27.3 Å². The number of carbonyl (C=O) groups is 2. The van der Waals surface area contributed by atoms with Crippen molar-refractivity contribution in [2.24, 2.45) is 0 Å². The maximum Gasteiger partial charge on any atom is 0.266 e. The molecule has 150 valence electrons. The lowest BCUT2D eigenvalue weighted by Gasteiger charge is -2.08. The summed E-state index contributed by atoms with van der Waals surface area (Å²) in [6.45, 7) is 0. The zero-order valence-corrected chi connectivity index (χ0v) is 18.3. The number of methoxy groups -OCH3 is 1. The second kappa shape index (κ2) is 8.69. The summed E-state index contributed by atoms with van der Waals surface area (Å²) in [5.74, 6) is 0.290. The molecule has 0 saturated heterocycles. The van der Waals surface area contributed by atoms with Gasteiger partial charge in [-0.05, 0) is 70.5 Å². The van der Waals surface area contributed by atoms with Crippen LogP contribution in [-0.4, -0.2) is 18.9 Å². The molecule has 0 atom stereocenters. The Balaban J connectivity index is 1.43. The minimum Gasteiger partial charge on any atom is -0.497 e. The Morgan fingerprint density at radius 1 is 0.833 bits per heavy atom. The Labute approximate surface area is 185 Å². The topological polar surface area (TPSA) is 67.4 Å². The predicted octanol–water partition coefficient (Wildman–Crippen LogP) is 6.18. The summed E-state index contributed by atoms with van der Waals surface area (Å²) in [6.07, 6.45) is 0. The summed E-state index contributed by atoms with van der Waals surface area (Å²) >= 11 is 4.97. The van der Waals surface area contributed by atoms with Gasteiger partial charge in [-0.2, -0.15) is 0 Å². The Morgan fingerprint density at radius 2 is 1.43 bits per heavy atom. The molecule has 4 aromatic rings. The van der Waals surface area contributed by atoms with Crippen molar-refractivity contribution in [3.8, 4) is 5.75 Å². The van der Waals surface area contributed by atoms with Crippen molar-refractivity contribution in [1.29, 1.82) is 0 Å². The summed E-state index contributed by atoms with van der Waals surface area (Å²) in [6, 6.07) is 21.7. The Hall–Kier alpha value is -3.16. The van der Waals surface area contributed by atoms with E-state index in [0.29, 0.717) is 27.6 Å². The normalized spacial score (nSPS) is 10.6. The van der Waals surface area contributed by atoms with Gasteiger partial charge in [0.15, 0.2) is 0 Å². The Morgan fingerprint density at radius 3 is 2.03 bits per heavy atom. The van der Waals surface area contributed by atoms with Crippen molar-refractivity contribution >= 4 is 60.5 Å². The molecular weight excluding hydrogens is 464 g/mol. The predicted molar refractivity (Wildman–Crippen MR) is 125 cm³/mol. The maximum atomic E-state index is 12.7. The molecular formula is C23H17BrN2O3S. The summed E-state index contributed by atoms with van der Waals surface area (Å²) in [7, 11) is 1.58. The van der Waals surface area contributed by atoms with E-state index in [1.807, 2.05) is 24.3 Å². The van der Waals surface area contributed by atoms with Crippen molar-refractivity contribution in [1.82, 2.24) is 0 Å². The number of ether oxygens (including phenoxy) is 1. The molecule has 0 fully saturated rings. The van der Waals surface area contributed by atoms with E-state index in [1.165, 1.54) is 11.3 Å². The van der Waals surface area contributed by atoms with E-state index >= 15 is 0 Å². The van der Waals surface area contributed by atoms with Gasteiger partial charge in [0.05, 0.1) is 7.11 Å². The van der Waals surface area contributed by atoms with Crippen LogP contribution in [0.4, 0.5) is 11.4 Å². The van der Waals surface area contributed by atoms with Crippen LogP contribution in [0.15, 0.2) is 77.3 Å². The number of fused-ring (bicyclic) bond motifs is 1. The monoisotopic (exact) mass is 480 g/mol. The molecule has 30 heavy (non-hydrogen) atoms. The molecule has 2 amide bonds. The molecule has 0 saturated carbocycles. The summed E-state index contributed by atoms with van der Waals surface area (Å²) < 4.78 is 6.94. The second-order valence-electron chi connectivity index (χ2n) is 6.46. The summed E-state index contributed by atoms with van der Waals surface area (Å²) in [5, 5.41) is 6.75. The van der Waals surface area contributed by atoms with Gasteiger partial charge in [0.2, 0.25) is 0 Å². The molecule has 2 N–H and O–H groups in total. The van der Waals surface area contributed by atoms with E-state index in [0.717, 1.165) is 14.6 Å². The molecule has 4 rings (SSSR count).